The Morgan fingerprint density at radius 2 is 1.84 bits per heavy atom. The van der Waals surface area contributed by atoms with Crippen LogP contribution in [0.5, 0.6) is 5.75 Å². The summed E-state index contributed by atoms with van der Waals surface area (Å²) in [6, 6.07) is 13.9. The summed E-state index contributed by atoms with van der Waals surface area (Å²) < 4.78 is 59.1. The Morgan fingerprint density at radius 1 is 1.11 bits per heavy atom. The van der Waals surface area contributed by atoms with Crippen LogP contribution in [0.4, 0.5) is 23.7 Å². The minimum absolute atomic E-state index is 0.0422. The van der Waals surface area contributed by atoms with Crippen LogP contribution in [0.15, 0.2) is 77.6 Å². The van der Waals surface area contributed by atoms with E-state index < -0.39 is 46.5 Å². The highest BCUT2D eigenvalue weighted by atomic mass is 19.4. The zero-order valence-corrected chi connectivity index (χ0v) is 24.2. The molecule has 238 valence electrons. The number of halogens is 3. The van der Waals surface area contributed by atoms with Gasteiger partial charge in [-0.25, -0.2) is 14.5 Å². The quantitative estimate of drug-likeness (QED) is 0.126. The molecule has 0 spiro atoms. The van der Waals surface area contributed by atoms with Gasteiger partial charge < -0.3 is 24.6 Å². The second kappa shape index (κ2) is 15.9. The lowest BCUT2D eigenvalue weighted by molar-refractivity contribution is -0.384. The third-order valence-corrected chi connectivity index (χ3v) is 6.48. The van der Waals surface area contributed by atoms with E-state index in [1.165, 1.54) is 38.1 Å². The second-order valence-corrected chi connectivity index (χ2v) is 9.76. The number of carbonyl (C=O) groups is 2. The maximum atomic E-state index is 14.5. The molecule has 11 nitrogen and oxygen atoms in total. The highest BCUT2D eigenvalue weighted by Crippen LogP contribution is 2.44. The van der Waals surface area contributed by atoms with Crippen LogP contribution in [0.3, 0.4) is 0 Å². The normalized spacial score (nSPS) is 15.8. The first-order valence-electron chi connectivity index (χ1n) is 13.9. The van der Waals surface area contributed by atoms with Gasteiger partial charge in [0.2, 0.25) is 0 Å². The Kier molecular flexibility index (Phi) is 12.3. The Hall–Kier alpha value is -4.43. The highest BCUT2D eigenvalue weighted by Gasteiger charge is 2.49. The number of aliphatic hydroxyl groups is 1. The molecule has 1 amide bonds. The summed E-state index contributed by atoms with van der Waals surface area (Å²) in [6.45, 7) is 2.97. The van der Waals surface area contributed by atoms with Gasteiger partial charge in [-0.1, -0.05) is 36.4 Å². The van der Waals surface area contributed by atoms with E-state index in [-0.39, 0.29) is 48.2 Å². The molecular formula is C30H34F3N3O8. The van der Waals surface area contributed by atoms with Crippen LogP contribution >= 0.6 is 0 Å². The highest BCUT2D eigenvalue weighted by molar-refractivity contribution is 5.94. The van der Waals surface area contributed by atoms with Crippen molar-refractivity contribution < 1.29 is 47.0 Å². The first-order chi connectivity index (χ1) is 20.9. The van der Waals surface area contributed by atoms with Crippen molar-refractivity contribution in [2.75, 3.05) is 32.9 Å². The summed E-state index contributed by atoms with van der Waals surface area (Å²) in [5, 5.41) is 24.4. The van der Waals surface area contributed by atoms with Gasteiger partial charge in [-0.2, -0.15) is 13.2 Å². The van der Waals surface area contributed by atoms with Crippen LogP contribution in [0.2, 0.25) is 0 Å². The predicted octanol–water partition coefficient (Wildman–Crippen LogP) is 5.22. The van der Waals surface area contributed by atoms with Gasteiger partial charge in [-0.15, -0.1) is 0 Å². The third-order valence-electron chi connectivity index (χ3n) is 6.48. The fourth-order valence-electron chi connectivity index (χ4n) is 4.50. The summed E-state index contributed by atoms with van der Waals surface area (Å²) in [5.74, 6) is -2.07. The van der Waals surface area contributed by atoms with Gasteiger partial charge >= 0.3 is 18.2 Å². The third kappa shape index (κ3) is 9.28. The number of nitrogens with zero attached hydrogens (tertiary/aromatic N) is 2. The number of aliphatic hydroxyl groups excluding tert-OH is 1. The Labute approximate surface area is 252 Å². The number of benzene rings is 2. The molecular weight excluding hydrogens is 587 g/mol. The average molecular weight is 622 g/mol. The summed E-state index contributed by atoms with van der Waals surface area (Å²) in [6.07, 6.45) is -5.28. The SMILES string of the molecule is CCOC(=O)C1=C(C(F)(F)F)N(C(=O)OCCCCNCC(O)COc2ccccc2)C(C)=CC1c1cccc([N+](=O)[O-])c1. The number of nitro groups is 1. The van der Waals surface area contributed by atoms with Crippen LogP contribution in [-0.2, 0) is 14.3 Å². The van der Waals surface area contributed by atoms with Gasteiger partial charge in [0.25, 0.3) is 5.69 Å². The number of allylic oxidation sites excluding steroid dienone is 3. The summed E-state index contributed by atoms with van der Waals surface area (Å²) in [7, 11) is 0. The topological polar surface area (TPSA) is 140 Å². The zero-order chi connectivity index (χ0) is 32.3. The fraction of sp³-hybridized carbons (Fsp3) is 0.400. The number of ether oxygens (including phenoxy) is 3. The van der Waals surface area contributed by atoms with Crippen molar-refractivity contribution in [1.29, 1.82) is 0 Å². The molecule has 1 heterocycles. The van der Waals surface area contributed by atoms with Crippen LogP contribution < -0.4 is 10.1 Å². The Balaban J connectivity index is 1.65. The fourth-order valence-corrected chi connectivity index (χ4v) is 4.50. The lowest BCUT2D eigenvalue weighted by Gasteiger charge is -2.34. The largest absolute Gasteiger partial charge is 0.491 e. The number of amides is 1. The summed E-state index contributed by atoms with van der Waals surface area (Å²) >= 11 is 0. The van der Waals surface area contributed by atoms with Gasteiger partial charge in [0.15, 0.2) is 0 Å². The van der Waals surface area contributed by atoms with E-state index in [0.29, 0.717) is 25.1 Å². The van der Waals surface area contributed by atoms with Crippen LogP contribution in [-0.4, -0.2) is 72.2 Å². The monoisotopic (exact) mass is 621 g/mol. The van der Waals surface area contributed by atoms with Crippen molar-refractivity contribution in [2.45, 2.75) is 44.9 Å². The number of unbranched alkanes of at least 4 members (excludes halogenated alkanes) is 1. The van der Waals surface area contributed by atoms with Gasteiger partial charge in [-0.3, -0.25) is 10.1 Å². The van der Waals surface area contributed by atoms with Crippen molar-refractivity contribution in [1.82, 2.24) is 10.2 Å². The number of nitrogens with one attached hydrogen (secondary N) is 1. The van der Waals surface area contributed by atoms with Crippen molar-refractivity contribution in [3.8, 4) is 5.75 Å². The summed E-state index contributed by atoms with van der Waals surface area (Å²) in [5.41, 5.74) is -2.98. The van der Waals surface area contributed by atoms with Crippen molar-refractivity contribution in [3.63, 3.8) is 0 Å². The number of alkyl halides is 3. The van der Waals surface area contributed by atoms with E-state index in [4.69, 9.17) is 14.2 Å². The van der Waals surface area contributed by atoms with Crippen molar-refractivity contribution >= 4 is 17.7 Å². The molecule has 2 N–H and O–H groups in total. The molecule has 44 heavy (non-hydrogen) atoms. The van der Waals surface area contributed by atoms with E-state index in [2.05, 4.69) is 5.32 Å². The maximum absolute atomic E-state index is 14.5. The average Bonchev–Trinajstić information content (AvgIpc) is 2.99. The van der Waals surface area contributed by atoms with Crippen molar-refractivity contribution in [3.05, 3.63) is 93.3 Å². The number of para-hydroxylation sites is 1. The number of rotatable bonds is 14. The minimum atomic E-state index is -5.19. The van der Waals surface area contributed by atoms with E-state index in [1.54, 1.807) is 12.1 Å². The number of esters is 1. The maximum Gasteiger partial charge on any atom is 0.432 e. The van der Waals surface area contributed by atoms with Gasteiger partial charge in [0.1, 0.15) is 24.2 Å². The Morgan fingerprint density at radius 3 is 2.50 bits per heavy atom. The first-order valence-corrected chi connectivity index (χ1v) is 13.9. The van der Waals surface area contributed by atoms with Crippen LogP contribution in [0.1, 0.15) is 38.2 Å². The van der Waals surface area contributed by atoms with Crippen molar-refractivity contribution in [2.24, 2.45) is 0 Å². The number of hydrogen-bond donors (Lipinski definition) is 2. The van der Waals surface area contributed by atoms with Gasteiger partial charge in [-0.05, 0) is 50.9 Å². The standard InChI is InChI=1S/C30H34F3N3O8/c1-3-42-28(38)26-25(21-10-9-11-22(17-21)36(40)41)16-20(2)35(27(26)30(31,32)33)29(39)43-15-8-7-14-34-18-23(37)19-44-24-12-5-4-6-13-24/h4-6,9-13,16-17,23,25,34,37H,3,7-8,14-15,18-19H2,1-2H3. The Bertz CT molecular complexity index is 1360. The molecule has 0 saturated heterocycles. The van der Waals surface area contributed by atoms with Gasteiger partial charge in [0, 0.05) is 30.3 Å². The molecule has 14 heteroatoms. The molecule has 0 aromatic heterocycles. The van der Waals surface area contributed by atoms with E-state index in [1.807, 2.05) is 18.2 Å². The van der Waals surface area contributed by atoms with E-state index >= 15 is 0 Å². The molecule has 1 aliphatic rings. The molecule has 0 aliphatic carbocycles. The molecule has 2 aromatic carbocycles. The molecule has 2 unspecified atom stereocenters. The molecule has 3 rings (SSSR count). The molecule has 2 aromatic rings. The lowest BCUT2D eigenvalue weighted by Crippen LogP contribution is -2.41. The number of non-ortho nitro benzene ring substituents is 1. The van der Waals surface area contributed by atoms with Crippen LogP contribution in [0.25, 0.3) is 0 Å². The first kappa shape index (κ1) is 34.1. The minimum Gasteiger partial charge on any atom is -0.491 e. The lowest BCUT2D eigenvalue weighted by atomic mass is 9.85. The molecule has 1 aliphatic heterocycles. The summed E-state index contributed by atoms with van der Waals surface area (Å²) in [4.78, 5) is 36.7. The molecule has 0 fully saturated rings. The van der Waals surface area contributed by atoms with E-state index in [9.17, 15) is 38.0 Å². The zero-order valence-electron chi connectivity index (χ0n) is 24.2. The second-order valence-electron chi connectivity index (χ2n) is 9.76. The number of hydrogen-bond acceptors (Lipinski definition) is 9. The molecule has 2 atom stereocenters. The number of nitro benzene ring substituents is 1. The molecule has 0 saturated carbocycles. The number of carbonyl (C=O) groups excluding carboxylic acids is 2. The molecule has 0 radical (unpaired) electrons. The van der Waals surface area contributed by atoms with Gasteiger partial charge in [0.05, 0.1) is 23.7 Å². The molecule has 0 bridgehead atoms. The van der Waals surface area contributed by atoms with E-state index in [0.717, 1.165) is 6.07 Å². The predicted molar refractivity (Wildman–Crippen MR) is 153 cm³/mol. The smallest absolute Gasteiger partial charge is 0.432 e. The van der Waals surface area contributed by atoms with Crippen LogP contribution in [0, 0.1) is 10.1 Å².